The summed E-state index contributed by atoms with van der Waals surface area (Å²) in [6, 6.07) is 12.3. The molecule has 154 valence electrons. The van der Waals surface area contributed by atoms with Gasteiger partial charge in [0.15, 0.2) is 0 Å². The van der Waals surface area contributed by atoms with E-state index in [-0.39, 0.29) is 4.90 Å². The van der Waals surface area contributed by atoms with Gasteiger partial charge in [-0.05, 0) is 54.9 Å². The summed E-state index contributed by atoms with van der Waals surface area (Å²) in [4.78, 5) is 4.61. The van der Waals surface area contributed by atoms with Gasteiger partial charge in [-0.3, -0.25) is 0 Å². The first-order valence-electron chi connectivity index (χ1n) is 10.5. The molecule has 5 rings (SSSR count). The monoisotopic (exact) mass is 413 g/mol. The van der Waals surface area contributed by atoms with Gasteiger partial charge in [0.05, 0.1) is 13.2 Å². The number of fused-ring (bicyclic) bond motifs is 2. The van der Waals surface area contributed by atoms with E-state index in [1.165, 1.54) is 47.3 Å². The van der Waals surface area contributed by atoms with Crippen LogP contribution in [-0.2, 0) is 26.6 Å². The third kappa shape index (κ3) is 3.45. The molecule has 1 spiro atoms. The number of sulfonamides is 1. The van der Waals surface area contributed by atoms with Crippen LogP contribution in [0.15, 0.2) is 47.5 Å². The molecule has 1 aromatic heterocycles. The van der Waals surface area contributed by atoms with Crippen LogP contribution in [0.3, 0.4) is 0 Å². The summed E-state index contributed by atoms with van der Waals surface area (Å²) in [6.07, 6.45) is 6.41. The fraction of sp³-hybridized carbons (Fsp3) is 0.500. The topological polar surface area (TPSA) is 71.5 Å². The van der Waals surface area contributed by atoms with E-state index >= 15 is 0 Å². The van der Waals surface area contributed by atoms with Crippen LogP contribution in [0.25, 0.3) is 0 Å². The van der Waals surface area contributed by atoms with Crippen LogP contribution in [0, 0.1) is 5.92 Å². The minimum Gasteiger partial charge on any atom is -0.379 e. The number of benzene rings is 1. The molecular weight excluding hydrogens is 386 g/mol. The first kappa shape index (κ1) is 19.0. The van der Waals surface area contributed by atoms with Gasteiger partial charge in [-0.15, -0.1) is 0 Å². The average Bonchev–Trinajstić information content (AvgIpc) is 3.46. The molecule has 2 unspecified atom stereocenters. The smallest absolute Gasteiger partial charge is 0.244 e. The fourth-order valence-electron chi connectivity index (χ4n) is 5.04. The maximum atomic E-state index is 12.7. The van der Waals surface area contributed by atoms with Crippen molar-refractivity contribution in [3.8, 4) is 0 Å². The van der Waals surface area contributed by atoms with Crippen molar-refractivity contribution < 1.29 is 13.2 Å². The van der Waals surface area contributed by atoms with E-state index in [1.54, 1.807) is 12.1 Å². The highest BCUT2D eigenvalue weighted by Gasteiger charge is 2.55. The molecule has 7 heteroatoms. The number of hydrogen-bond donors (Lipinski definition) is 1. The van der Waals surface area contributed by atoms with Gasteiger partial charge in [0.1, 0.15) is 10.7 Å². The van der Waals surface area contributed by atoms with Crippen LogP contribution in [0.5, 0.6) is 0 Å². The van der Waals surface area contributed by atoms with Crippen LogP contribution >= 0.6 is 0 Å². The molecule has 3 aliphatic rings. The van der Waals surface area contributed by atoms with E-state index in [9.17, 15) is 8.42 Å². The molecule has 2 heterocycles. The van der Waals surface area contributed by atoms with E-state index in [4.69, 9.17) is 4.74 Å². The minimum atomic E-state index is -3.49. The molecule has 6 nitrogen and oxygen atoms in total. The molecule has 1 N–H and O–H groups in total. The van der Waals surface area contributed by atoms with Crippen LogP contribution in [0.1, 0.15) is 30.4 Å². The van der Waals surface area contributed by atoms with Gasteiger partial charge in [0, 0.05) is 31.2 Å². The van der Waals surface area contributed by atoms with Crippen molar-refractivity contribution in [3.63, 3.8) is 0 Å². The summed E-state index contributed by atoms with van der Waals surface area (Å²) < 4.78 is 32.1. The molecule has 2 aliphatic carbocycles. The second-order valence-electron chi connectivity index (χ2n) is 8.34. The second-order valence-corrected chi connectivity index (χ2v) is 10.3. The first-order valence-corrected chi connectivity index (χ1v) is 11.9. The minimum absolute atomic E-state index is 0.244. The van der Waals surface area contributed by atoms with Crippen molar-refractivity contribution in [2.24, 2.45) is 5.92 Å². The van der Waals surface area contributed by atoms with Crippen molar-refractivity contribution in [2.45, 2.75) is 36.0 Å². The Hall–Kier alpha value is -1.96. The maximum absolute atomic E-state index is 12.7. The number of hydrogen-bond acceptors (Lipinski definition) is 5. The van der Waals surface area contributed by atoms with Gasteiger partial charge in [-0.25, -0.2) is 13.4 Å². The Bertz CT molecular complexity index is 987. The molecule has 1 aromatic carbocycles. The summed E-state index contributed by atoms with van der Waals surface area (Å²) >= 11 is 0. The van der Waals surface area contributed by atoms with Crippen LogP contribution in [-0.4, -0.2) is 50.6 Å². The molecule has 29 heavy (non-hydrogen) atoms. The van der Waals surface area contributed by atoms with Gasteiger partial charge >= 0.3 is 0 Å². The normalized spacial score (nSPS) is 26.8. The van der Waals surface area contributed by atoms with Crippen molar-refractivity contribution in [1.29, 1.82) is 0 Å². The molecule has 0 radical (unpaired) electrons. The van der Waals surface area contributed by atoms with Gasteiger partial charge < -0.3 is 10.1 Å². The lowest BCUT2D eigenvalue weighted by atomic mass is 9.78. The number of anilines is 1. The van der Waals surface area contributed by atoms with E-state index in [1.807, 2.05) is 0 Å². The highest BCUT2D eigenvalue weighted by Crippen LogP contribution is 2.60. The molecule has 0 amide bonds. The molecule has 2 fully saturated rings. The lowest BCUT2D eigenvalue weighted by Crippen LogP contribution is -2.40. The van der Waals surface area contributed by atoms with Gasteiger partial charge in [0.25, 0.3) is 0 Å². The Morgan fingerprint density at radius 2 is 2.00 bits per heavy atom. The standard InChI is InChI=1S/C22H27N3O3S/c26-29(27,25-10-12-28-13-11-25)19-7-8-21(24-16-19)23-15-18-14-22(18)9-3-5-17-4-1-2-6-20(17)22/h1-2,4,6-8,16,18H,3,5,9-15H2,(H,23,24). The number of morpholine rings is 1. The number of pyridine rings is 1. The van der Waals surface area contributed by atoms with Crippen molar-refractivity contribution in [2.75, 3.05) is 38.2 Å². The quantitative estimate of drug-likeness (QED) is 0.816. The molecule has 1 aliphatic heterocycles. The van der Waals surface area contributed by atoms with E-state index in [0.29, 0.717) is 37.6 Å². The molecule has 0 bridgehead atoms. The van der Waals surface area contributed by atoms with Gasteiger partial charge in [-0.2, -0.15) is 4.31 Å². The zero-order chi connectivity index (χ0) is 19.9. The maximum Gasteiger partial charge on any atom is 0.244 e. The Morgan fingerprint density at radius 3 is 2.79 bits per heavy atom. The third-order valence-corrected chi connectivity index (χ3v) is 8.61. The van der Waals surface area contributed by atoms with Gasteiger partial charge in [-0.1, -0.05) is 24.3 Å². The lowest BCUT2D eigenvalue weighted by Gasteiger charge is -2.27. The van der Waals surface area contributed by atoms with Crippen LogP contribution < -0.4 is 5.32 Å². The predicted octanol–water partition coefficient (Wildman–Crippen LogP) is 2.81. The third-order valence-electron chi connectivity index (χ3n) is 6.73. The Morgan fingerprint density at radius 1 is 1.17 bits per heavy atom. The number of rotatable bonds is 5. The molecule has 2 aromatic rings. The number of ether oxygens (including phenoxy) is 1. The average molecular weight is 414 g/mol. The highest BCUT2D eigenvalue weighted by molar-refractivity contribution is 7.89. The largest absolute Gasteiger partial charge is 0.379 e. The van der Waals surface area contributed by atoms with Crippen LogP contribution in [0.4, 0.5) is 5.82 Å². The summed E-state index contributed by atoms with van der Waals surface area (Å²) in [7, 11) is -3.49. The fourth-order valence-corrected chi connectivity index (χ4v) is 6.39. The molecule has 1 saturated heterocycles. The summed E-state index contributed by atoms with van der Waals surface area (Å²) in [5.74, 6) is 1.35. The Labute approximate surface area is 172 Å². The zero-order valence-electron chi connectivity index (χ0n) is 16.5. The number of nitrogens with zero attached hydrogens (tertiary/aromatic N) is 2. The summed E-state index contributed by atoms with van der Waals surface area (Å²) in [5.41, 5.74) is 3.39. The van der Waals surface area contributed by atoms with Crippen molar-refractivity contribution in [1.82, 2.24) is 9.29 Å². The summed E-state index contributed by atoms with van der Waals surface area (Å²) in [5, 5.41) is 3.43. The predicted molar refractivity (Wildman–Crippen MR) is 111 cm³/mol. The SMILES string of the molecule is O=S(=O)(c1ccc(NCC2CC23CCCc2ccccc23)nc1)N1CCOCC1. The Balaban J connectivity index is 1.23. The van der Waals surface area contributed by atoms with Gasteiger partial charge in [0.2, 0.25) is 10.0 Å². The van der Waals surface area contributed by atoms with Crippen molar-refractivity contribution >= 4 is 15.8 Å². The van der Waals surface area contributed by atoms with E-state index < -0.39 is 10.0 Å². The molecule has 1 saturated carbocycles. The van der Waals surface area contributed by atoms with E-state index in [0.717, 1.165) is 12.4 Å². The van der Waals surface area contributed by atoms with Crippen molar-refractivity contribution in [3.05, 3.63) is 53.7 Å². The number of aromatic nitrogens is 1. The zero-order valence-corrected chi connectivity index (χ0v) is 17.3. The highest BCUT2D eigenvalue weighted by atomic mass is 32.2. The van der Waals surface area contributed by atoms with E-state index in [2.05, 4.69) is 34.6 Å². The second kappa shape index (κ2) is 7.38. The van der Waals surface area contributed by atoms with Crippen LogP contribution in [0.2, 0.25) is 0 Å². The molecule has 2 atom stereocenters. The first-order chi connectivity index (χ1) is 14.1. The Kier molecular flexibility index (Phi) is 4.84. The number of aryl methyl sites for hydroxylation is 1. The molecular formula is C22H27N3O3S. The lowest BCUT2D eigenvalue weighted by molar-refractivity contribution is 0.0730. The summed E-state index contributed by atoms with van der Waals surface area (Å²) in [6.45, 7) is 2.55. The number of nitrogens with one attached hydrogen (secondary N) is 1.